The van der Waals surface area contributed by atoms with Crippen LogP contribution in [0.5, 0.6) is 0 Å². The van der Waals surface area contributed by atoms with Gasteiger partial charge in [0.15, 0.2) is 12.1 Å². The molecule has 1 saturated carbocycles. The zero-order valence-electron chi connectivity index (χ0n) is 17.8. The van der Waals surface area contributed by atoms with Gasteiger partial charge in [-0.15, -0.1) is 0 Å². The number of carbonyl (C=O) groups excluding carboxylic acids is 1. The molecule has 3 rings (SSSR count). The summed E-state index contributed by atoms with van der Waals surface area (Å²) in [5.74, 6) is 1.67. The van der Waals surface area contributed by atoms with Crippen molar-refractivity contribution in [3.05, 3.63) is 46.6 Å². The third-order valence-electron chi connectivity index (χ3n) is 5.90. The number of halogens is 2. The number of aromatic nitrogens is 2. The second-order valence-corrected chi connectivity index (χ2v) is 8.71. The second-order valence-electron chi connectivity index (χ2n) is 7.99. The van der Waals surface area contributed by atoms with Crippen molar-refractivity contribution in [3.8, 4) is 0 Å². The zero-order valence-corrected chi connectivity index (χ0v) is 19.0. The average Bonchev–Trinajstić information content (AvgIpc) is 3.39. The largest absolute Gasteiger partial charge is 0.390 e. The van der Waals surface area contributed by atoms with Crippen molar-refractivity contribution >= 4 is 27.2 Å². The average molecular weight is 450 g/mol. The maximum atomic E-state index is 13.5. The predicted molar refractivity (Wildman–Crippen MR) is 120 cm³/mol. The van der Waals surface area contributed by atoms with Gasteiger partial charge in [0.25, 0.3) is 5.66 Å². The van der Waals surface area contributed by atoms with Crippen LogP contribution in [0.15, 0.2) is 29.3 Å². The molecule has 168 valence electrons. The molecule has 31 heavy (non-hydrogen) atoms. The van der Waals surface area contributed by atoms with Gasteiger partial charge in [-0.05, 0) is 18.4 Å². The molecular weight excluding hydrogens is 421 g/mol. The zero-order chi connectivity index (χ0) is 22.6. The van der Waals surface area contributed by atoms with Crippen molar-refractivity contribution in [2.45, 2.75) is 57.3 Å². The summed E-state index contributed by atoms with van der Waals surface area (Å²) in [6.07, 6.45) is 6.19. The number of aliphatic hydroxyl groups is 1. The number of hydrogen-bond acceptors (Lipinski definition) is 4. The summed E-state index contributed by atoms with van der Waals surface area (Å²) < 4.78 is 28.6. The standard InChI is InChI=1S/C22H29F2N4O2P/c1-14(16-7-9-17(10-8-16)22(23,24)31)28-21(18(12-29)19(13-30)27-28)26-20(25-2)11-15-5-3-4-6-15/h7-10,12,14-15,30H,3-6,11,13,31H2,1-2H3,(H,25,26). The third kappa shape index (κ3) is 5.36. The number of aliphatic hydroxyl groups excluding tert-OH is 1. The van der Waals surface area contributed by atoms with Crippen LogP contribution in [-0.4, -0.2) is 34.1 Å². The van der Waals surface area contributed by atoms with E-state index in [0.717, 1.165) is 30.7 Å². The van der Waals surface area contributed by atoms with E-state index in [-0.39, 0.29) is 22.9 Å². The minimum absolute atomic E-state index is 0.106. The molecule has 1 aromatic carbocycles. The molecule has 6 nitrogen and oxygen atoms in total. The number of nitrogens with zero attached hydrogens (tertiary/aromatic N) is 3. The van der Waals surface area contributed by atoms with Crippen LogP contribution in [0.3, 0.4) is 0 Å². The van der Waals surface area contributed by atoms with Gasteiger partial charge in [0.05, 0.1) is 18.2 Å². The lowest BCUT2D eigenvalue weighted by atomic mass is 10.0. The Labute approximate surface area is 183 Å². The summed E-state index contributed by atoms with van der Waals surface area (Å²) >= 11 is 0. The van der Waals surface area contributed by atoms with Crippen LogP contribution in [-0.2, 0) is 12.3 Å². The van der Waals surface area contributed by atoms with Gasteiger partial charge in [0.2, 0.25) is 0 Å². The molecular formula is C22H29F2N4O2P. The smallest absolute Gasteiger partial charge is 0.283 e. The van der Waals surface area contributed by atoms with Crippen LogP contribution in [0.1, 0.15) is 72.2 Å². The fourth-order valence-corrected chi connectivity index (χ4v) is 4.24. The normalized spacial score (nSPS) is 16.5. The van der Waals surface area contributed by atoms with Crippen LogP contribution < -0.4 is 5.32 Å². The molecule has 2 atom stereocenters. The monoisotopic (exact) mass is 450 g/mol. The van der Waals surface area contributed by atoms with E-state index < -0.39 is 12.3 Å². The Hall–Kier alpha value is -2.18. The highest BCUT2D eigenvalue weighted by atomic mass is 31.0. The van der Waals surface area contributed by atoms with Crippen LogP contribution in [0.25, 0.3) is 0 Å². The number of hydrogen-bond donors (Lipinski definition) is 2. The van der Waals surface area contributed by atoms with Gasteiger partial charge in [-0.1, -0.05) is 59.2 Å². The van der Waals surface area contributed by atoms with E-state index in [1.54, 1.807) is 23.9 Å². The van der Waals surface area contributed by atoms with Crippen molar-refractivity contribution < 1.29 is 18.7 Å². The molecule has 1 fully saturated rings. The maximum absolute atomic E-state index is 13.5. The molecule has 1 aromatic heterocycles. The number of aldehydes is 1. The van der Waals surface area contributed by atoms with Gasteiger partial charge in [-0.25, -0.2) is 9.67 Å². The minimum Gasteiger partial charge on any atom is -0.390 e. The topological polar surface area (TPSA) is 79.5 Å². The lowest BCUT2D eigenvalue weighted by molar-refractivity contribution is 0.104. The van der Waals surface area contributed by atoms with Crippen molar-refractivity contribution in [1.29, 1.82) is 0 Å². The van der Waals surface area contributed by atoms with Gasteiger partial charge in [-0.3, -0.25) is 4.79 Å². The number of aliphatic imine (C=N–C) groups is 1. The first-order chi connectivity index (χ1) is 14.8. The van der Waals surface area contributed by atoms with E-state index >= 15 is 0 Å². The quantitative estimate of drug-likeness (QED) is 0.268. The van der Waals surface area contributed by atoms with Gasteiger partial charge >= 0.3 is 0 Å². The molecule has 0 saturated heterocycles. The van der Waals surface area contributed by atoms with E-state index in [9.17, 15) is 18.7 Å². The van der Waals surface area contributed by atoms with Crippen molar-refractivity contribution in [2.24, 2.45) is 10.9 Å². The molecule has 9 heteroatoms. The Morgan fingerprint density at radius 1 is 1.39 bits per heavy atom. The summed E-state index contributed by atoms with van der Waals surface area (Å²) in [6, 6.07) is 5.60. The molecule has 0 aliphatic heterocycles. The molecule has 1 aliphatic carbocycles. The maximum Gasteiger partial charge on any atom is 0.283 e. The molecule has 1 heterocycles. The Morgan fingerprint density at radius 3 is 2.55 bits per heavy atom. The van der Waals surface area contributed by atoms with Crippen LogP contribution in [0.2, 0.25) is 0 Å². The van der Waals surface area contributed by atoms with Crippen molar-refractivity contribution in [2.75, 3.05) is 7.05 Å². The molecule has 2 N–H and O–H groups in total. The lowest BCUT2D eigenvalue weighted by Crippen LogP contribution is -2.21. The number of benzene rings is 1. The number of amidine groups is 1. The van der Waals surface area contributed by atoms with Crippen LogP contribution >= 0.6 is 9.24 Å². The highest BCUT2D eigenvalue weighted by molar-refractivity contribution is 7.17. The number of rotatable bonds is 8. The Balaban J connectivity index is 2.00. The molecule has 0 bridgehead atoms. The second kappa shape index (κ2) is 9.96. The Bertz CT molecular complexity index is 932. The van der Waals surface area contributed by atoms with Crippen molar-refractivity contribution in [3.63, 3.8) is 0 Å². The first-order valence-corrected chi connectivity index (χ1v) is 11.1. The van der Waals surface area contributed by atoms with E-state index in [4.69, 9.17) is 4.99 Å². The molecule has 0 amide bonds. The number of carbonyl (C=O) groups is 1. The molecule has 0 spiro atoms. The Kier molecular flexibility index (Phi) is 7.55. The van der Waals surface area contributed by atoms with E-state index in [1.165, 1.54) is 34.2 Å². The highest BCUT2D eigenvalue weighted by Gasteiger charge is 2.26. The fraction of sp³-hybridized carbons (Fsp3) is 0.500. The lowest BCUT2D eigenvalue weighted by Gasteiger charge is -2.17. The molecule has 2 unspecified atom stereocenters. The van der Waals surface area contributed by atoms with Crippen LogP contribution in [0.4, 0.5) is 14.6 Å². The summed E-state index contributed by atoms with van der Waals surface area (Å²) in [5.41, 5.74) is -1.89. The first kappa shape index (κ1) is 23.5. The van der Waals surface area contributed by atoms with Gasteiger partial charge < -0.3 is 10.4 Å². The molecule has 1 aliphatic rings. The number of nitrogens with one attached hydrogen (secondary N) is 1. The summed E-state index contributed by atoms with van der Waals surface area (Å²) in [6.45, 7) is 1.46. The van der Waals surface area contributed by atoms with E-state index in [0.29, 0.717) is 18.0 Å². The SMILES string of the molecule is CN/C(CC1CCCC1)=N\c1c(C=O)c(CO)nn1C(C)c1ccc(C(F)(F)P)cc1. The van der Waals surface area contributed by atoms with E-state index in [2.05, 4.69) is 10.4 Å². The molecule has 0 radical (unpaired) electrons. The van der Waals surface area contributed by atoms with Crippen molar-refractivity contribution in [1.82, 2.24) is 15.1 Å². The fourth-order valence-electron chi connectivity index (χ4n) is 4.05. The number of alkyl halides is 2. The molecule has 2 aromatic rings. The van der Waals surface area contributed by atoms with Gasteiger partial charge in [0.1, 0.15) is 11.5 Å². The third-order valence-corrected chi connectivity index (χ3v) is 6.23. The summed E-state index contributed by atoms with van der Waals surface area (Å²) in [7, 11) is 3.33. The highest BCUT2D eigenvalue weighted by Crippen LogP contribution is 2.36. The van der Waals surface area contributed by atoms with E-state index in [1.807, 2.05) is 6.92 Å². The Morgan fingerprint density at radius 2 is 2.03 bits per heavy atom. The summed E-state index contributed by atoms with van der Waals surface area (Å²) in [5, 5.41) is 17.2. The van der Waals surface area contributed by atoms with Gasteiger partial charge in [-0.2, -0.15) is 13.9 Å². The first-order valence-electron chi connectivity index (χ1n) is 10.5. The van der Waals surface area contributed by atoms with Crippen LogP contribution in [0, 0.1) is 5.92 Å². The summed E-state index contributed by atoms with van der Waals surface area (Å²) in [4.78, 5) is 16.5. The van der Waals surface area contributed by atoms with Gasteiger partial charge in [0, 0.05) is 19.0 Å². The minimum atomic E-state index is -3.00. The predicted octanol–water partition coefficient (Wildman–Crippen LogP) is 4.55.